The van der Waals surface area contributed by atoms with Crippen molar-refractivity contribution >= 4 is 22.5 Å². The summed E-state index contributed by atoms with van der Waals surface area (Å²) in [7, 11) is 0. The number of carbonyl (C=O) groups is 1. The Hall–Kier alpha value is -1.84. The zero-order valence-corrected chi connectivity index (χ0v) is 14.3. The standard InChI is InChI=1S/C20H25N3O/c1-12-17-3-2-16(7-18(17)23-22-12)21-19(24)11-20-8-13-4-14(9-20)6-15(5-13)10-20/h2-3,7,13-15H,4-6,8-11H2,1H3,(H,21,24)(H,22,23). The number of aromatic amines is 1. The van der Waals surface area contributed by atoms with Crippen LogP contribution in [0.3, 0.4) is 0 Å². The van der Waals surface area contributed by atoms with E-state index in [2.05, 4.69) is 15.5 Å². The van der Waals surface area contributed by atoms with Crippen molar-refractivity contribution < 1.29 is 4.79 Å². The van der Waals surface area contributed by atoms with E-state index >= 15 is 0 Å². The third-order valence-corrected chi connectivity index (χ3v) is 6.74. The predicted molar refractivity (Wildman–Crippen MR) is 94.7 cm³/mol. The van der Waals surface area contributed by atoms with Gasteiger partial charge in [-0.15, -0.1) is 0 Å². The number of hydrogen-bond donors (Lipinski definition) is 2. The van der Waals surface area contributed by atoms with Crippen LogP contribution in [0.1, 0.15) is 50.6 Å². The Kier molecular flexibility index (Phi) is 3.07. The summed E-state index contributed by atoms with van der Waals surface area (Å²) < 4.78 is 0. The molecular formula is C20H25N3O. The van der Waals surface area contributed by atoms with Gasteiger partial charge in [-0.25, -0.2) is 0 Å². The van der Waals surface area contributed by atoms with Crippen LogP contribution in [0.4, 0.5) is 5.69 Å². The van der Waals surface area contributed by atoms with Crippen LogP contribution in [0.5, 0.6) is 0 Å². The second kappa shape index (κ2) is 5.08. The molecule has 4 aliphatic carbocycles. The average molecular weight is 323 g/mol. The fourth-order valence-electron chi connectivity index (χ4n) is 6.29. The molecule has 126 valence electrons. The van der Waals surface area contributed by atoms with E-state index < -0.39 is 0 Å². The third kappa shape index (κ3) is 2.35. The van der Waals surface area contributed by atoms with Gasteiger partial charge in [0, 0.05) is 17.5 Å². The smallest absolute Gasteiger partial charge is 0.224 e. The van der Waals surface area contributed by atoms with Crippen molar-refractivity contribution in [2.45, 2.75) is 51.9 Å². The van der Waals surface area contributed by atoms with Gasteiger partial charge in [0.1, 0.15) is 0 Å². The highest BCUT2D eigenvalue weighted by Crippen LogP contribution is 2.61. The number of anilines is 1. The lowest BCUT2D eigenvalue weighted by Gasteiger charge is -2.56. The van der Waals surface area contributed by atoms with Gasteiger partial charge >= 0.3 is 0 Å². The van der Waals surface area contributed by atoms with Crippen molar-refractivity contribution in [2.24, 2.45) is 23.2 Å². The fraction of sp³-hybridized carbons (Fsp3) is 0.600. The highest BCUT2D eigenvalue weighted by Gasteiger charge is 2.51. The van der Waals surface area contributed by atoms with Crippen molar-refractivity contribution in [3.05, 3.63) is 23.9 Å². The lowest BCUT2D eigenvalue weighted by molar-refractivity contribution is -0.124. The number of nitrogens with one attached hydrogen (secondary N) is 2. The van der Waals surface area contributed by atoms with Gasteiger partial charge in [-0.2, -0.15) is 5.10 Å². The van der Waals surface area contributed by atoms with Crippen LogP contribution in [0.15, 0.2) is 18.2 Å². The molecule has 1 heterocycles. The monoisotopic (exact) mass is 323 g/mol. The normalized spacial score (nSPS) is 34.0. The zero-order valence-electron chi connectivity index (χ0n) is 14.3. The minimum Gasteiger partial charge on any atom is -0.326 e. The molecule has 1 aromatic heterocycles. The number of aromatic nitrogens is 2. The van der Waals surface area contributed by atoms with E-state index in [1.54, 1.807) is 0 Å². The maximum Gasteiger partial charge on any atom is 0.224 e. The van der Waals surface area contributed by atoms with E-state index in [0.717, 1.165) is 40.0 Å². The minimum absolute atomic E-state index is 0.188. The van der Waals surface area contributed by atoms with Crippen LogP contribution in [0.25, 0.3) is 10.9 Å². The number of fused-ring (bicyclic) bond motifs is 1. The van der Waals surface area contributed by atoms with Crippen LogP contribution in [-0.2, 0) is 4.79 Å². The quantitative estimate of drug-likeness (QED) is 0.878. The van der Waals surface area contributed by atoms with Gasteiger partial charge in [-0.1, -0.05) is 0 Å². The number of nitrogens with zero attached hydrogens (tertiary/aromatic N) is 1. The molecule has 1 aromatic carbocycles. The van der Waals surface area contributed by atoms with E-state index in [4.69, 9.17) is 0 Å². The van der Waals surface area contributed by atoms with Gasteiger partial charge < -0.3 is 5.32 Å². The minimum atomic E-state index is 0.188. The molecule has 4 bridgehead atoms. The van der Waals surface area contributed by atoms with Crippen molar-refractivity contribution in [1.29, 1.82) is 0 Å². The zero-order chi connectivity index (χ0) is 16.3. The van der Waals surface area contributed by atoms with Crippen molar-refractivity contribution in [3.8, 4) is 0 Å². The molecule has 4 aliphatic rings. The van der Waals surface area contributed by atoms with E-state index in [1.165, 1.54) is 38.5 Å². The molecule has 0 radical (unpaired) electrons. The van der Waals surface area contributed by atoms with Crippen LogP contribution >= 0.6 is 0 Å². The van der Waals surface area contributed by atoms with Crippen LogP contribution in [0.2, 0.25) is 0 Å². The molecule has 2 N–H and O–H groups in total. The number of carbonyl (C=O) groups excluding carboxylic acids is 1. The van der Waals surface area contributed by atoms with Gasteiger partial charge in [0.15, 0.2) is 0 Å². The van der Waals surface area contributed by atoms with Gasteiger partial charge in [-0.3, -0.25) is 9.89 Å². The first-order valence-corrected chi connectivity index (χ1v) is 9.33. The molecule has 0 aliphatic heterocycles. The van der Waals surface area contributed by atoms with Crippen molar-refractivity contribution in [1.82, 2.24) is 10.2 Å². The molecule has 0 atom stereocenters. The number of benzene rings is 1. The molecule has 4 nitrogen and oxygen atoms in total. The number of rotatable bonds is 3. The third-order valence-electron chi connectivity index (χ3n) is 6.74. The Morgan fingerprint density at radius 2 is 1.88 bits per heavy atom. The highest BCUT2D eigenvalue weighted by atomic mass is 16.1. The van der Waals surface area contributed by atoms with Crippen molar-refractivity contribution in [2.75, 3.05) is 5.32 Å². The molecule has 0 unspecified atom stereocenters. The SMILES string of the molecule is Cc1n[nH]c2cc(NC(=O)CC34CC5CC(CC(C5)C3)C4)ccc12. The lowest BCUT2D eigenvalue weighted by Crippen LogP contribution is -2.47. The summed E-state index contributed by atoms with van der Waals surface area (Å²) in [6.07, 6.45) is 8.84. The maximum atomic E-state index is 12.7. The van der Waals surface area contributed by atoms with E-state index in [1.807, 2.05) is 25.1 Å². The van der Waals surface area contributed by atoms with Gasteiger partial charge in [0.2, 0.25) is 5.91 Å². The average Bonchev–Trinajstić information content (AvgIpc) is 2.86. The van der Waals surface area contributed by atoms with E-state index in [9.17, 15) is 4.79 Å². The summed E-state index contributed by atoms with van der Waals surface area (Å²) >= 11 is 0. The lowest BCUT2D eigenvalue weighted by atomic mass is 9.49. The fourth-order valence-corrected chi connectivity index (χ4v) is 6.29. The van der Waals surface area contributed by atoms with Crippen LogP contribution in [0, 0.1) is 30.1 Å². The Bertz CT molecular complexity index is 771. The topological polar surface area (TPSA) is 57.8 Å². The first-order chi connectivity index (χ1) is 11.6. The molecular weight excluding hydrogens is 298 g/mol. The molecule has 0 saturated heterocycles. The largest absolute Gasteiger partial charge is 0.326 e. The van der Waals surface area contributed by atoms with Crippen LogP contribution in [-0.4, -0.2) is 16.1 Å². The number of hydrogen-bond acceptors (Lipinski definition) is 2. The summed E-state index contributed by atoms with van der Waals surface area (Å²) in [6, 6.07) is 6.02. The number of aryl methyl sites for hydroxylation is 1. The summed E-state index contributed by atoms with van der Waals surface area (Å²) in [5, 5.41) is 11.5. The van der Waals surface area contributed by atoms with Crippen molar-refractivity contribution in [3.63, 3.8) is 0 Å². The molecule has 1 amide bonds. The van der Waals surface area contributed by atoms with E-state index in [-0.39, 0.29) is 5.91 Å². The Morgan fingerprint density at radius 3 is 2.54 bits per heavy atom. The Morgan fingerprint density at radius 1 is 1.21 bits per heavy atom. The molecule has 4 fully saturated rings. The highest BCUT2D eigenvalue weighted by molar-refractivity contribution is 5.94. The van der Waals surface area contributed by atoms with E-state index in [0.29, 0.717) is 11.8 Å². The predicted octanol–water partition coefficient (Wildman–Crippen LogP) is 4.42. The first kappa shape index (κ1) is 14.5. The molecule has 4 saturated carbocycles. The maximum absolute atomic E-state index is 12.7. The first-order valence-electron chi connectivity index (χ1n) is 9.33. The molecule has 2 aromatic rings. The second-order valence-electron chi connectivity index (χ2n) is 8.71. The molecule has 24 heavy (non-hydrogen) atoms. The summed E-state index contributed by atoms with van der Waals surface area (Å²) in [6.45, 7) is 1.99. The van der Waals surface area contributed by atoms with Gasteiger partial charge in [0.05, 0.1) is 11.2 Å². The molecule has 0 spiro atoms. The summed E-state index contributed by atoms with van der Waals surface area (Å²) in [5.74, 6) is 2.88. The molecule has 6 rings (SSSR count). The summed E-state index contributed by atoms with van der Waals surface area (Å²) in [4.78, 5) is 12.7. The van der Waals surface area contributed by atoms with Gasteiger partial charge in [-0.05, 0) is 86.8 Å². The second-order valence-corrected chi connectivity index (χ2v) is 8.71. The van der Waals surface area contributed by atoms with Gasteiger partial charge in [0.25, 0.3) is 0 Å². The van der Waals surface area contributed by atoms with Crippen LogP contribution < -0.4 is 5.32 Å². The Labute approximate surface area is 142 Å². The number of H-pyrrole nitrogens is 1. The summed E-state index contributed by atoms with van der Waals surface area (Å²) in [5.41, 5.74) is 3.16. The molecule has 4 heteroatoms. The number of amides is 1. The Balaban J connectivity index is 1.31.